The summed E-state index contributed by atoms with van der Waals surface area (Å²) in [7, 11) is 3.29. The van der Waals surface area contributed by atoms with Gasteiger partial charge in [0, 0.05) is 5.56 Å². The molecule has 0 saturated carbocycles. The Balaban J connectivity index is 1.97. The van der Waals surface area contributed by atoms with Crippen LogP contribution in [0.15, 0.2) is 60.9 Å². The van der Waals surface area contributed by atoms with Crippen LogP contribution >= 0.6 is 0 Å². The molecule has 2 aromatic heterocycles. The first-order valence-electron chi connectivity index (χ1n) is 8.39. The second-order valence-electron chi connectivity index (χ2n) is 5.97. The third-order valence-corrected chi connectivity index (χ3v) is 4.40. The van der Waals surface area contributed by atoms with Crippen molar-refractivity contribution < 1.29 is 9.47 Å². The lowest BCUT2D eigenvalue weighted by Crippen LogP contribution is -1.99. The van der Waals surface area contributed by atoms with E-state index < -0.39 is 0 Å². The van der Waals surface area contributed by atoms with Gasteiger partial charge >= 0.3 is 0 Å². The maximum absolute atomic E-state index is 6.15. The Kier molecular flexibility index (Phi) is 4.30. The number of rotatable bonds is 4. The topological polar surface area (TPSA) is 83.2 Å². The highest BCUT2D eigenvalue weighted by atomic mass is 16.5. The highest BCUT2D eigenvalue weighted by Crippen LogP contribution is 2.35. The maximum atomic E-state index is 6.15. The summed E-state index contributed by atoms with van der Waals surface area (Å²) in [5, 5.41) is 0.725. The van der Waals surface area contributed by atoms with Crippen molar-refractivity contribution in [3.8, 4) is 33.9 Å². The molecule has 0 aliphatic rings. The van der Waals surface area contributed by atoms with E-state index in [-0.39, 0.29) is 0 Å². The number of aromatic nitrogens is 3. The molecular weight excluding hydrogens is 340 g/mol. The van der Waals surface area contributed by atoms with Crippen molar-refractivity contribution in [1.29, 1.82) is 0 Å². The molecule has 0 atom stereocenters. The van der Waals surface area contributed by atoms with Crippen LogP contribution in [0.2, 0.25) is 0 Å². The zero-order valence-corrected chi connectivity index (χ0v) is 15.0. The summed E-state index contributed by atoms with van der Waals surface area (Å²) in [5.74, 6) is 1.95. The number of nitrogens with two attached hydrogens (primary N) is 1. The van der Waals surface area contributed by atoms with E-state index in [9.17, 15) is 0 Å². The first-order valence-corrected chi connectivity index (χ1v) is 8.39. The molecule has 0 unspecified atom stereocenters. The molecule has 0 aliphatic carbocycles. The molecule has 0 bridgehead atoms. The van der Waals surface area contributed by atoms with E-state index in [0.717, 1.165) is 39.3 Å². The summed E-state index contributed by atoms with van der Waals surface area (Å²) in [6.45, 7) is 0. The average Bonchev–Trinajstić information content (AvgIpc) is 2.73. The Morgan fingerprint density at radius 1 is 0.815 bits per heavy atom. The molecule has 4 aromatic rings. The number of benzene rings is 2. The van der Waals surface area contributed by atoms with Gasteiger partial charge in [-0.15, -0.1) is 0 Å². The minimum absolute atomic E-state index is 0.395. The summed E-state index contributed by atoms with van der Waals surface area (Å²) in [6, 6.07) is 17.5. The average molecular weight is 358 g/mol. The molecule has 0 spiro atoms. The summed E-state index contributed by atoms with van der Waals surface area (Å²) in [5.41, 5.74) is 10.3. The number of pyridine rings is 1. The van der Waals surface area contributed by atoms with Crippen LogP contribution < -0.4 is 15.2 Å². The van der Waals surface area contributed by atoms with Crippen LogP contribution in [-0.2, 0) is 0 Å². The fourth-order valence-electron chi connectivity index (χ4n) is 3.02. The molecule has 2 N–H and O–H groups in total. The van der Waals surface area contributed by atoms with Crippen molar-refractivity contribution in [2.75, 3.05) is 20.0 Å². The molecule has 134 valence electrons. The van der Waals surface area contributed by atoms with Crippen LogP contribution in [0.5, 0.6) is 11.5 Å². The number of anilines is 1. The Morgan fingerprint density at radius 2 is 1.59 bits per heavy atom. The molecule has 6 heteroatoms. The summed E-state index contributed by atoms with van der Waals surface area (Å²) in [4.78, 5) is 13.2. The lowest BCUT2D eigenvalue weighted by Gasteiger charge is -2.12. The zero-order valence-electron chi connectivity index (χ0n) is 15.0. The van der Waals surface area contributed by atoms with Crippen molar-refractivity contribution in [1.82, 2.24) is 15.0 Å². The van der Waals surface area contributed by atoms with Crippen molar-refractivity contribution >= 4 is 16.9 Å². The van der Waals surface area contributed by atoms with Gasteiger partial charge in [-0.25, -0.2) is 15.0 Å². The predicted molar refractivity (Wildman–Crippen MR) is 106 cm³/mol. The van der Waals surface area contributed by atoms with E-state index in [1.165, 1.54) is 6.33 Å². The zero-order chi connectivity index (χ0) is 18.8. The number of ether oxygens (including phenoxy) is 2. The Labute approximate surface area is 156 Å². The molecule has 27 heavy (non-hydrogen) atoms. The van der Waals surface area contributed by atoms with Gasteiger partial charge in [0.2, 0.25) is 0 Å². The molecule has 2 heterocycles. The fourth-order valence-corrected chi connectivity index (χ4v) is 3.02. The molecular formula is C21H18N4O2. The Morgan fingerprint density at radius 3 is 2.33 bits per heavy atom. The van der Waals surface area contributed by atoms with Crippen molar-refractivity contribution in [2.45, 2.75) is 0 Å². The third-order valence-electron chi connectivity index (χ3n) is 4.40. The predicted octanol–water partition coefficient (Wildman–Crippen LogP) is 3.96. The van der Waals surface area contributed by atoms with Crippen LogP contribution in [0.3, 0.4) is 0 Å². The molecule has 0 amide bonds. The molecule has 0 aliphatic heterocycles. The monoisotopic (exact) mass is 358 g/mol. The van der Waals surface area contributed by atoms with E-state index >= 15 is 0 Å². The third kappa shape index (κ3) is 3.13. The normalized spacial score (nSPS) is 10.7. The van der Waals surface area contributed by atoms with Gasteiger partial charge in [-0.1, -0.05) is 12.1 Å². The minimum Gasteiger partial charge on any atom is -0.497 e. The van der Waals surface area contributed by atoms with Crippen LogP contribution in [0.25, 0.3) is 33.4 Å². The van der Waals surface area contributed by atoms with Gasteiger partial charge < -0.3 is 15.2 Å². The molecule has 0 saturated heterocycles. The maximum Gasteiger partial charge on any atom is 0.165 e. The second kappa shape index (κ2) is 6.92. The van der Waals surface area contributed by atoms with Gasteiger partial charge in [0.05, 0.1) is 25.3 Å². The second-order valence-corrected chi connectivity index (χ2v) is 5.97. The van der Waals surface area contributed by atoms with Gasteiger partial charge in [-0.05, 0) is 53.6 Å². The standard InChI is InChI=1S/C21H18N4O2/c1-26-15-8-6-13(7-9-15)18-11-17(14-4-3-5-16(10-14)27-2)19-20(22)23-12-24-21(19)25-18/h3-12H,1-2H3,(H2,22,23,24,25). The van der Waals surface area contributed by atoms with Crippen LogP contribution in [0.1, 0.15) is 0 Å². The smallest absolute Gasteiger partial charge is 0.165 e. The van der Waals surface area contributed by atoms with Gasteiger partial charge in [-0.3, -0.25) is 0 Å². The lowest BCUT2D eigenvalue weighted by atomic mass is 9.99. The minimum atomic E-state index is 0.395. The molecule has 6 nitrogen and oxygen atoms in total. The van der Waals surface area contributed by atoms with E-state index in [4.69, 9.17) is 15.2 Å². The first kappa shape index (κ1) is 16.8. The summed E-state index contributed by atoms with van der Waals surface area (Å²) < 4.78 is 10.6. The number of hydrogen-bond acceptors (Lipinski definition) is 6. The SMILES string of the molecule is COc1ccc(-c2cc(-c3cccc(OC)c3)c3c(N)ncnc3n2)cc1. The molecule has 0 radical (unpaired) electrons. The van der Waals surface area contributed by atoms with Crippen molar-refractivity contribution in [3.05, 3.63) is 60.9 Å². The highest BCUT2D eigenvalue weighted by Gasteiger charge is 2.14. The van der Waals surface area contributed by atoms with Crippen LogP contribution in [0.4, 0.5) is 5.82 Å². The number of methoxy groups -OCH3 is 2. The summed E-state index contributed by atoms with van der Waals surface area (Å²) >= 11 is 0. The van der Waals surface area contributed by atoms with Crippen molar-refractivity contribution in [3.63, 3.8) is 0 Å². The van der Waals surface area contributed by atoms with Gasteiger partial charge in [0.25, 0.3) is 0 Å². The number of hydrogen-bond donors (Lipinski definition) is 1. The largest absolute Gasteiger partial charge is 0.497 e. The van der Waals surface area contributed by atoms with Crippen LogP contribution in [-0.4, -0.2) is 29.2 Å². The van der Waals surface area contributed by atoms with E-state index in [1.807, 2.05) is 54.6 Å². The molecule has 2 aromatic carbocycles. The number of fused-ring (bicyclic) bond motifs is 1. The number of nitrogens with zero attached hydrogens (tertiary/aromatic N) is 3. The molecule has 4 rings (SSSR count). The van der Waals surface area contributed by atoms with E-state index in [2.05, 4.69) is 15.0 Å². The van der Waals surface area contributed by atoms with E-state index in [1.54, 1.807) is 14.2 Å². The molecule has 0 fully saturated rings. The lowest BCUT2D eigenvalue weighted by molar-refractivity contribution is 0.415. The Hall–Kier alpha value is -3.67. The first-order chi connectivity index (χ1) is 13.2. The van der Waals surface area contributed by atoms with Gasteiger partial charge in [-0.2, -0.15) is 0 Å². The number of nitrogen functional groups attached to an aromatic ring is 1. The van der Waals surface area contributed by atoms with Crippen LogP contribution in [0, 0.1) is 0 Å². The van der Waals surface area contributed by atoms with Crippen molar-refractivity contribution in [2.24, 2.45) is 0 Å². The fraction of sp³-hybridized carbons (Fsp3) is 0.0952. The van der Waals surface area contributed by atoms with E-state index in [0.29, 0.717) is 11.5 Å². The quantitative estimate of drug-likeness (QED) is 0.594. The van der Waals surface area contributed by atoms with Gasteiger partial charge in [0.15, 0.2) is 5.65 Å². The summed E-state index contributed by atoms with van der Waals surface area (Å²) in [6.07, 6.45) is 1.43. The van der Waals surface area contributed by atoms with Gasteiger partial charge in [0.1, 0.15) is 23.6 Å². The Bertz CT molecular complexity index is 1110. The highest BCUT2D eigenvalue weighted by molar-refractivity contribution is 6.01.